The Bertz CT molecular complexity index is 899. The number of halogens is 1. The van der Waals surface area contributed by atoms with Crippen LogP contribution >= 0.6 is 0 Å². The molecule has 0 spiro atoms. The third kappa shape index (κ3) is 4.82. The minimum atomic E-state index is -0.890. The molecule has 1 aliphatic carbocycles. The van der Waals surface area contributed by atoms with Crippen LogP contribution in [-0.2, 0) is 4.79 Å². The van der Waals surface area contributed by atoms with Crippen molar-refractivity contribution < 1.29 is 18.7 Å². The first-order valence-electron chi connectivity index (χ1n) is 9.14. The van der Waals surface area contributed by atoms with Crippen LogP contribution < -0.4 is 15.4 Å². The van der Waals surface area contributed by atoms with E-state index in [0.717, 1.165) is 24.0 Å². The number of carbonyl (C=O) groups is 2. The van der Waals surface area contributed by atoms with E-state index in [1.54, 1.807) is 25.1 Å². The average Bonchev–Trinajstić information content (AvgIpc) is 3.48. The number of nitrogens with zero attached hydrogens (tertiary/aromatic N) is 2. The predicted molar refractivity (Wildman–Crippen MR) is 102 cm³/mol. The number of benzene rings is 1. The van der Waals surface area contributed by atoms with Gasteiger partial charge in [-0.25, -0.2) is 14.4 Å². The van der Waals surface area contributed by atoms with Gasteiger partial charge in [0, 0.05) is 11.6 Å². The molecular formula is C20H23FN4O3. The van der Waals surface area contributed by atoms with E-state index in [-0.39, 0.29) is 35.4 Å². The summed E-state index contributed by atoms with van der Waals surface area (Å²) < 4.78 is 17.2. The van der Waals surface area contributed by atoms with Gasteiger partial charge >= 0.3 is 0 Å². The second-order valence-corrected chi connectivity index (χ2v) is 6.96. The molecule has 1 heterocycles. The summed E-state index contributed by atoms with van der Waals surface area (Å²) in [4.78, 5) is 32.9. The number of hydrogen-bond donors (Lipinski definition) is 2. The monoisotopic (exact) mass is 386 g/mol. The first-order chi connectivity index (χ1) is 13.4. The van der Waals surface area contributed by atoms with Gasteiger partial charge in [-0.1, -0.05) is 12.1 Å². The number of anilines is 1. The van der Waals surface area contributed by atoms with Crippen LogP contribution in [0, 0.1) is 19.8 Å². The van der Waals surface area contributed by atoms with Gasteiger partial charge in [-0.05, 0) is 56.9 Å². The molecule has 0 aliphatic heterocycles. The summed E-state index contributed by atoms with van der Waals surface area (Å²) in [7, 11) is 0. The fourth-order valence-corrected chi connectivity index (χ4v) is 2.82. The maximum Gasteiger partial charge on any atom is 0.270 e. The summed E-state index contributed by atoms with van der Waals surface area (Å²) in [5.41, 5.74) is 2.39. The van der Waals surface area contributed by atoms with E-state index in [0.29, 0.717) is 11.4 Å². The zero-order valence-corrected chi connectivity index (χ0v) is 16.1. The summed E-state index contributed by atoms with van der Waals surface area (Å²) in [6, 6.07) is 6.55. The van der Waals surface area contributed by atoms with E-state index >= 15 is 0 Å². The van der Waals surface area contributed by atoms with Crippen molar-refractivity contribution in [3.8, 4) is 5.75 Å². The SMILES string of the molecule is Cc1cc(C(=O)NC(C)c2ccc(OCF)c(C)c2)nc(NC(=O)C2CC2)n1. The number of amides is 2. The molecule has 1 fully saturated rings. The Morgan fingerprint density at radius 3 is 2.64 bits per heavy atom. The molecule has 0 bridgehead atoms. The van der Waals surface area contributed by atoms with Crippen LogP contribution in [0.3, 0.4) is 0 Å². The maximum absolute atomic E-state index is 12.6. The highest BCUT2D eigenvalue weighted by atomic mass is 19.1. The van der Waals surface area contributed by atoms with Gasteiger partial charge in [0.1, 0.15) is 11.4 Å². The molecule has 2 N–H and O–H groups in total. The highest BCUT2D eigenvalue weighted by Gasteiger charge is 2.30. The van der Waals surface area contributed by atoms with Gasteiger partial charge in [-0.3, -0.25) is 14.9 Å². The lowest BCUT2D eigenvalue weighted by Gasteiger charge is -2.16. The maximum atomic E-state index is 12.6. The largest absolute Gasteiger partial charge is 0.463 e. The molecule has 0 radical (unpaired) electrons. The van der Waals surface area contributed by atoms with Crippen LogP contribution in [0.25, 0.3) is 0 Å². The smallest absolute Gasteiger partial charge is 0.270 e. The van der Waals surface area contributed by atoms with Crippen molar-refractivity contribution in [2.45, 2.75) is 39.7 Å². The average molecular weight is 386 g/mol. The molecular weight excluding hydrogens is 363 g/mol. The second-order valence-electron chi connectivity index (χ2n) is 6.96. The number of carbonyl (C=O) groups excluding carboxylic acids is 2. The number of hydrogen-bond acceptors (Lipinski definition) is 5. The minimum Gasteiger partial charge on any atom is -0.463 e. The van der Waals surface area contributed by atoms with E-state index in [1.807, 2.05) is 19.9 Å². The van der Waals surface area contributed by atoms with E-state index in [1.165, 1.54) is 0 Å². The van der Waals surface area contributed by atoms with E-state index < -0.39 is 6.86 Å². The number of aromatic nitrogens is 2. The number of ether oxygens (including phenoxy) is 1. The number of nitrogens with one attached hydrogen (secondary N) is 2. The van der Waals surface area contributed by atoms with Crippen LogP contribution in [-0.4, -0.2) is 28.6 Å². The van der Waals surface area contributed by atoms with E-state index in [4.69, 9.17) is 4.74 Å². The molecule has 1 aromatic carbocycles. The quantitative estimate of drug-likeness (QED) is 0.762. The van der Waals surface area contributed by atoms with Crippen LogP contribution in [0.4, 0.5) is 10.3 Å². The Balaban J connectivity index is 1.70. The molecule has 1 aliphatic rings. The Hall–Kier alpha value is -3.03. The molecule has 2 amide bonds. The van der Waals surface area contributed by atoms with Crippen LogP contribution in [0.5, 0.6) is 5.75 Å². The van der Waals surface area contributed by atoms with Gasteiger partial charge in [-0.2, -0.15) is 0 Å². The summed E-state index contributed by atoms with van der Waals surface area (Å²) >= 11 is 0. The van der Waals surface area contributed by atoms with Gasteiger partial charge in [0.2, 0.25) is 18.7 Å². The predicted octanol–water partition coefficient (Wildman–Crippen LogP) is 3.24. The standard InChI is InChI=1S/C20H23FN4O3/c1-11-8-15(6-7-17(11)28-10-21)13(3)23-19(27)16-9-12(2)22-20(24-16)25-18(26)14-4-5-14/h6-9,13-14H,4-5,10H2,1-3H3,(H,23,27)(H,22,24,25,26). The summed E-state index contributed by atoms with van der Waals surface area (Å²) in [6.45, 7) is 4.50. The fourth-order valence-electron chi connectivity index (χ4n) is 2.82. The van der Waals surface area contributed by atoms with Gasteiger partial charge in [0.15, 0.2) is 0 Å². The van der Waals surface area contributed by atoms with Crippen LogP contribution in [0.15, 0.2) is 24.3 Å². The van der Waals surface area contributed by atoms with Crippen LogP contribution in [0.2, 0.25) is 0 Å². The molecule has 148 valence electrons. The van der Waals surface area contributed by atoms with Gasteiger partial charge in [0.05, 0.1) is 6.04 Å². The summed E-state index contributed by atoms with van der Waals surface area (Å²) in [5, 5.41) is 5.54. The third-order valence-corrected chi connectivity index (χ3v) is 4.53. The highest BCUT2D eigenvalue weighted by Crippen LogP contribution is 2.29. The molecule has 1 unspecified atom stereocenters. The molecule has 1 atom stereocenters. The zero-order chi connectivity index (χ0) is 20.3. The van der Waals surface area contributed by atoms with Crippen molar-refractivity contribution in [1.82, 2.24) is 15.3 Å². The zero-order valence-electron chi connectivity index (χ0n) is 16.1. The Morgan fingerprint density at radius 1 is 1.25 bits per heavy atom. The van der Waals surface area contributed by atoms with Crippen LogP contribution in [0.1, 0.15) is 53.1 Å². The van der Waals surface area contributed by atoms with Crippen molar-refractivity contribution in [1.29, 1.82) is 0 Å². The molecule has 28 heavy (non-hydrogen) atoms. The van der Waals surface area contributed by atoms with Gasteiger partial charge in [0.25, 0.3) is 5.91 Å². The lowest BCUT2D eigenvalue weighted by Crippen LogP contribution is -2.28. The minimum absolute atomic E-state index is 0.0222. The molecule has 1 saturated carbocycles. The summed E-state index contributed by atoms with van der Waals surface area (Å²) in [6.07, 6.45) is 1.74. The van der Waals surface area contributed by atoms with Crippen molar-refractivity contribution in [2.75, 3.05) is 12.2 Å². The van der Waals surface area contributed by atoms with Gasteiger partial charge < -0.3 is 10.1 Å². The van der Waals surface area contributed by atoms with Crippen molar-refractivity contribution in [3.63, 3.8) is 0 Å². The Kier molecular flexibility index (Phi) is 5.87. The molecule has 1 aromatic heterocycles. The third-order valence-electron chi connectivity index (χ3n) is 4.53. The lowest BCUT2D eigenvalue weighted by molar-refractivity contribution is -0.117. The Morgan fingerprint density at radius 2 is 2.00 bits per heavy atom. The summed E-state index contributed by atoms with van der Waals surface area (Å²) in [5.74, 6) is 0.137. The number of aryl methyl sites for hydroxylation is 2. The molecule has 7 nitrogen and oxygen atoms in total. The Labute approximate surface area is 162 Å². The van der Waals surface area contributed by atoms with E-state index in [9.17, 15) is 14.0 Å². The van der Waals surface area contributed by atoms with Crippen molar-refractivity contribution >= 4 is 17.8 Å². The lowest BCUT2D eigenvalue weighted by atomic mass is 10.0. The number of rotatable bonds is 7. The van der Waals surface area contributed by atoms with Gasteiger partial charge in [-0.15, -0.1) is 0 Å². The second kappa shape index (κ2) is 8.33. The molecule has 2 aromatic rings. The van der Waals surface area contributed by atoms with Crippen molar-refractivity contribution in [2.24, 2.45) is 5.92 Å². The first kappa shape index (κ1) is 19.7. The fraction of sp³-hybridized carbons (Fsp3) is 0.400. The topological polar surface area (TPSA) is 93.2 Å². The molecule has 3 rings (SSSR count). The normalized spacial score (nSPS) is 14.3. The highest BCUT2D eigenvalue weighted by molar-refractivity contribution is 5.95. The van der Waals surface area contributed by atoms with Crippen molar-refractivity contribution in [3.05, 3.63) is 46.8 Å². The van der Waals surface area contributed by atoms with E-state index in [2.05, 4.69) is 20.6 Å². The molecule has 0 saturated heterocycles. The molecule has 8 heteroatoms. The first-order valence-corrected chi connectivity index (χ1v) is 9.14. The number of alkyl halides is 1.